The molecule has 0 aromatic heterocycles. The molecular formula is C19H25NO2. The fourth-order valence-electron chi connectivity index (χ4n) is 2.66. The molecule has 2 aromatic rings. The summed E-state index contributed by atoms with van der Waals surface area (Å²) < 4.78 is 11.2. The summed E-state index contributed by atoms with van der Waals surface area (Å²) in [6, 6.07) is 14.6. The predicted molar refractivity (Wildman–Crippen MR) is 90.8 cm³/mol. The van der Waals surface area contributed by atoms with Crippen LogP contribution in [0.4, 0.5) is 0 Å². The van der Waals surface area contributed by atoms with Crippen LogP contribution in [0.15, 0.2) is 42.5 Å². The SMILES string of the molecule is CCOc1cccc(CC(CN)c2ccc(C)cc2)c1OC. The number of hydrogen-bond donors (Lipinski definition) is 1. The molecule has 0 aliphatic heterocycles. The molecule has 0 bridgehead atoms. The van der Waals surface area contributed by atoms with Crippen molar-refractivity contribution in [2.45, 2.75) is 26.2 Å². The highest BCUT2D eigenvalue weighted by atomic mass is 16.5. The van der Waals surface area contributed by atoms with Crippen molar-refractivity contribution in [3.8, 4) is 11.5 Å². The zero-order chi connectivity index (χ0) is 15.9. The molecule has 1 unspecified atom stereocenters. The molecule has 3 nitrogen and oxygen atoms in total. The monoisotopic (exact) mass is 299 g/mol. The maximum atomic E-state index is 6.01. The fraction of sp³-hybridized carbons (Fsp3) is 0.368. The summed E-state index contributed by atoms with van der Waals surface area (Å²) >= 11 is 0. The van der Waals surface area contributed by atoms with Crippen molar-refractivity contribution in [2.24, 2.45) is 5.73 Å². The summed E-state index contributed by atoms with van der Waals surface area (Å²) in [5.41, 5.74) is 9.66. The van der Waals surface area contributed by atoms with E-state index in [2.05, 4.69) is 37.3 Å². The van der Waals surface area contributed by atoms with Crippen molar-refractivity contribution in [1.82, 2.24) is 0 Å². The van der Waals surface area contributed by atoms with Crippen molar-refractivity contribution in [3.05, 3.63) is 59.2 Å². The van der Waals surface area contributed by atoms with E-state index in [1.54, 1.807) is 7.11 Å². The molecule has 0 radical (unpaired) electrons. The number of rotatable bonds is 7. The lowest BCUT2D eigenvalue weighted by Gasteiger charge is -2.19. The largest absolute Gasteiger partial charge is 0.493 e. The van der Waals surface area contributed by atoms with Gasteiger partial charge in [-0.3, -0.25) is 0 Å². The second-order valence-electron chi connectivity index (χ2n) is 5.43. The van der Waals surface area contributed by atoms with Gasteiger partial charge in [-0.1, -0.05) is 42.0 Å². The Labute approximate surface area is 133 Å². The summed E-state index contributed by atoms with van der Waals surface area (Å²) in [6.07, 6.45) is 0.837. The summed E-state index contributed by atoms with van der Waals surface area (Å²) in [5.74, 6) is 1.88. The molecule has 0 heterocycles. The highest BCUT2D eigenvalue weighted by molar-refractivity contribution is 5.47. The van der Waals surface area contributed by atoms with Gasteiger partial charge in [0.25, 0.3) is 0 Å². The van der Waals surface area contributed by atoms with Gasteiger partial charge in [-0.15, -0.1) is 0 Å². The second-order valence-corrected chi connectivity index (χ2v) is 5.43. The third kappa shape index (κ3) is 3.80. The van der Waals surface area contributed by atoms with Crippen LogP contribution in [0.3, 0.4) is 0 Å². The van der Waals surface area contributed by atoms with Crippen LogP contribution in [-0.2, 0) is 6.42 Å². The number of ether oxygens (including phenoxy) is 2. The van der Waals surface area contributed by atoms with Crippen molar-refractivity contribution < 1.29 is 9.47 Å². The smallest absolute Gasteiger partial charge is 0.163 e. The van der Waals surface area contributed by atoms with Gasteiger partial charge in [0.1, 0.15) is 0 Å². The lowest BCUT2D eigenvalue weighted by molar-refractivity contribution is 0.309. The lowest BCUT2D eigenvalue weighted by atomic mass is 9.91. The standard InChI is InChI=1S/C19H25NO2/c1-4-22-18-7-5-6-16(19(18)21-3)12-17(13-20)15-10-8-14(2)9-11-15/h5-11,17H,4,12-13,20H2,1-3H3. The molecule has 1 atom stereocenters. The van der Waals surface area contributed by atoms with Gasteiger partial charge >= 0.3 is 0 Å². The fourth-order valence-corrected chi connectivity index (χ4v) is 2.66. The average molecular weight is 299 g/mol. The van der Waals surface area contributed by atoms with Crippen LogP contribution in [0, 0.1) is 6.92 Å². The van der Waals surface area contributed by atoms with Gasteiger partial charge in [-0.05, 0) is 44.0 Å². The molecule has 0 aliphatic carbocycles. The van der Waals surface area contributed by atoms with Crippen LogP contribution < -0.4 is 15.2 Å². The minimum atomic E-state index is 0.270. The van der Waals surface area contributed by atoms with Crippen molar-refractivity contribution in [3.63, 3.8) is 0 Å². The highest BCUT2D eigenvalue weighted by Gasteiger charge is 2.16. The van der Waals surface area contributed by atoms with E-state index in [0.29, 0.717) is 13.2 Å². The molecule has 0 fully saturated rings. The molecule has 0 saturated heterocycles. The first kappa shape index (κ1) is 16.4. The third-order valence-electron chi connectivity index (χ3n) is 3.86. The minimum Gasteiger partial charge on any atom is -0.493 e. The number of nitrogens with two attached hydrogens (primary N) is 1. The molecule has 0 saturated carbocycles. The van der Waals surface area contributed by atoms with E-state index in [1.165, 1.54) is 11.1 Å². The molecule has 2 rings (SSSR count). The Kier molecular flexibility index (Phi) is 5.84. The van der Waals surface area contributed by atoms with Crippen molar-refractivity contribution in [2.75, 3.05) is 20.3 Å². The first-order chi connectivity index (χ1) is 10.7. The van der Waals surface area contributed by atoms with E-state index in [4.69, 9.17) is 15.2 Å². The van der Waals surface area contributed by atoms with E-state index >= 15 is 0 Å². The van der Waals surface area contributed by atoms with E-state index in [-0.39, 0.29) is 5.92 Å². The molecule has 2 N–H and O–H groups in total. The Morgan fingerprint density at radius 2 is 1.82 bits per heavy atom. The van der Waals surface area contributed by atoms with Gasteiger partial charge in [-0.2, -0.15) is 0 Å². The number of benzene rings is 2. The topological polar surface area (TPSA) is 44.5 Å². The maximum Gasteiger partial charge on any atom is 0.163 e. The molecular weight excluding hydrogens is 274 g/mol. The first-order valence-corrected chi connectivity index (χ1v) is 7.74. The average Bonchev–Trinajstić information content (AvgIpc) is 2.54. The number of hydrogen-bond acceptors (Lipinski definition) is 3. The Morgan fingerprint density at radius 3 is 2.41 bits per heavy atom. The minimum absolute atomic E-state index is 0.270. The molecule has 118 valence electrons. The molecule has 0 spiro atoms. The Hall–Kier alpha value is -2.00. The predicted octanol–water partition coefficient (Wildman–Crippen LogP) is 3.69. The van der Waals surface area contributed by atoms with Gasteiger partial charge in [0.2, 0.25) is 0 Å². The van der Waals surface area contributed by atoms with Gasteiger partial charge < -0.3 is 15.2 Å². The normalized spacial score (nSPS) is 12.0. The van der Waals surface area contributed by atoms with E-state index < -0.39 is 0 Å². The molecule has 0 amide bonds. The van der Waals surface area contributed by atoms with Gasteiger partial charge in [0.15, 0.2) is 11.5 Å². The maximum absolute atomic E-state index is 6.01. The first-order valence-electron chi connectivity index (χ1n) is 7.74. The number of aryl methyl sites for hydroxylation is 1. The molecule has 2 aromatic carbocycles. The van der Waals surface area contributed by atoms with Gasteiger partial charge in [0, 0.05) is 5.92 Å². The highest BCUT2D eigenvalue weighted by Crippen LogP contribution is 2.34. The Bertz CT molecular complexity index is 593. The van der Waals surface area contributed by atoms with Crippen LogP contribution in [0.2, 0.25) is 0 Å². The summed E-state index contributed by atoms with van der Waals surface area (Å²) in [6.45, 7) is 5.29. The number of methoxy groups -OCH3 is 1. The quantitative estimate of drug-likeness (QED) is 0.848. The zero-order valence-electron chi connectivity index (χ0n) is 13.6. The van der Waals surface area contributed by atoms with Gasteiger partial charge in [0.05, 0.1) is 13.7 Å². The second kappa shape index (κ2) is 7.85. The molecule has 22 heavy (non-hydrogen) atoms. The van der Waals surface area contributed by atoms with Crippen LogP contribution in [0.25, 0.3) is 0 Å². The van der Waals surface area contributed by atoms with Crippen LogP contribution in [0.5, 0.6) is 11.5 Å². The van der Waals surface area contributed by atoms with Crippen LogP contribution in [-0.4, -0.2) is 20.3 Å². The van der Waals surface area contributed by atoms with E-state index in [9.17, 15) is 0 Å². The summed E-state index contributed by atoms with van der Waals surface area (Å²) in [7, 11) is 1.69. The molecule has 0 aliphatic rings. The van der Waals surface area contributed by atoms with Crippen LogP contribution in [0.1, 0.15) is 29.5 Å². The number of para-hydroxylation sites is 1. The van der Waals surface area contributed by atoms with Crippen molar-refractivity contribution in [1.29, 1.82) is 0 Å². The third-order valence-corrected chi connectivity index (χ3v) is 3.86. The Morgan fingerprint density at radius 1 is 1.09 bits per heavy atom. The molecule has 3 heteroatoms. The summed E-state index contributed by atoms with van der Waals surface area (Å²) in [5, 5.41) is 0. The van der Waals surface area contributed by atoms with E-state index in [1.807, 2.05) is 19.1 Å². The van der Waals surface area contributed by atoms with Gasteiger partial charge in [-0.25, -0.2) is 0 Å². The zero-order valence-corrected chi connectivity index (χ0v) is 13.6. The lowest BCUT2D eigenvalue weighted by Crippen LogP contribution is -2.15. The van der Waals surface area contributed by atoms with Crippen LogP contribution >= 0.6 is 0 Å². The summed E-state index contributed by atoms with van der Waals surface area (Å²) in [4.78, 5) is 0. The van der Waals surface area contributed by atoms with E-state index in [0.717, 1.165) is 23.5 Å². The Balaban J connectivity index is 2.27. The van der Waals surface area contributed by atoms with Crippen molar-refractivity contribution >= 4 is 0 Å².